The Morgan fingerprint density at radius 3 is 2.86 bits per heavy atom. The zero-order valence-electron chi connectivity index (χ0n) is 7.83. The minimum Gasteiger partial charge on any atom is -0.394 e. The van der Waals surface area contributed by atoms with Gasteiger partial charge in [0.2, 0.25) is 0 Å². The van der Waals surface area contributed by atoms with Gasteiger partial charge in [0.05, 0.1) is 22.3 Å². The van der Waals surface area contributed by atoms with Gasteiger partial charge in [-0.05, 0) is 41.3 Å². The van der Waals surface area contributed by atoms with E-state index in [-0.39, 0.29) is 12.1 Å². The summed E-state index contributed by atoms with van der Waals surface area (Å²) in [5.41, 5.74) is 0.915. The Bertz CT molecular complexity index is 320. The van der Waals surface area contributed by atoms with Gasteiger partial charge in [-0.1, -0.05) is 0 Å². The van der Waals surface area contributed by atoms with Crippen LogP contribution in [-0.4, -0.2) is 22.2 Å². The Morgan fingerprint density at radius 2 is 2.36 bits per heavy atom. The third kappa shape index (κ3) is 1.77. The maximum Gasteiger partial charge on any atom is 0.0661 e. The highest BCUT2D eigenvalue weighted by atomic mass is 79.9. The summed E-state index contributed by atoms with van der Waals surface area (Å²) in [4.78, 5) is 4.00. The summed E-state index contributed by atoms with van der Waals surface area (Å²) in [6, 6.07) is 1.92. The minimum absolute atomic E-state index is 0.0934. The molecule has 0 amide bonds. The molecule has 2 rings (SSSR count). The second-order valence-electron chi connectivity index (χ2n) is 3.77. The Morgan fingerprint density at radius 1 is 1.57 bits per heavy atom. The average molecular weight is 257 g/mol. The van der Waals surface area contributed by atoms with Crippen LogP contribution < -0.4 is 5.32 Å². The number of aliphatic hydroxyl groups excluding tert-OH is 1. The Hall–Kier alpha value is -0.610. The van der Waals surface area contributed by atoms with Crippen molar-refractivity contribution in [3.8, 4) is 0 Å². The standard InChI is InChI=1S/C10H13BrN2O/c11-8-6-12-5-2-9(8)13-10(7-14)3-1-4-10/h2,5-6,14H,1,3-4,7H2,(H,12,13). The van der Waals surface area contributed by atoms with Crippen LogP contribution in [0.3, 0.4) is 0 Å². The summed E-state index contributed by atoms with van der Waals surface area (Å²) >= 11 is 3.42. The summed E-state index contributed by atoms with van der Waals surface area (Å²) in [7, 11) is 0. The lowest BCUT2D eigenvalue weighted by Crippen LogP contribution is -2.48. The SMILES string of the molecule is OCC1(Nc2ccncc2Br)CCC1. The molecular formula is C10H13BrN2O. The number of aromatic nitrogens is 1. The van der Waals surface area contributed by atoms with Gasteiger partial charge in [-0.3, -0.25) is 4.98 Å². The molecule has 0 bridgehead atoms. The number of hydrogen-bond donors (Lipinski definition) is 2. The van der Waals surface area contributed by atoms with Gasteiger partial charge in [-0.15, -0.1) is 0 Å². The van der Waals surface area contributed by atoms with Crippen LogP contribution in [0.5, 0.6) is 0 Å². The number of anilines is 1. The second-order valence-corrected chi connectivity index (χ2v) is 4.63. The maximum absolute atomic E-state index is 9.30. The van der Waals surface area contributed by atoms with Gasteiger partial charge in [-0.2, -0.15) is 0 Å². The smallest absolute Gasteiger partial charge is 0.0661 e. The topological polar surface area (TPSA) is 45.1 Å². The summed E-state index contributed by atoms with van der Waals surface area (Å²) < 4.78 is 0.944. The van der Waals surface area contributed by atoms with E-state index in [0.717, 1.165) is 23.0 Å². The zero-order chi connectivity index (χ0) is 10.0. The largest absolute Gasteiger partial charge is 0.394 e. The minimum atomic E-state index is -0.0934. The van der Waals surface area contributed by atoms with E-state index < -0.39 is 0 Å². The molecule has 0 aromatic carbocycles. The van der Waals surface area contributed by atoms with E-state index in [4.69, 9.17) is 0 Å². The quantitative estimate of drug-likeness (QED) is 0.872. The summed E-state index contributed by atoms with van der Waals surface area (Å²) in [5, 5.41) is 12.7. The third-order valence-electron chi connectivity index (χ3n) is 2.79. The molecule has 1 aliphatic rings. The van der Waals surface area contributed by atoms with Crippen molar-refractivity contribution in [3.63, 3.8) is 0 Å². The Balaban J connectivity index is 2.13. The highest BCUT2D eigenvalue weighted by Crippen LogP contribution is 2.36. The van der Waals surface area contributed by atoms with Gasteiger partial charge in [0, 0.05) is 12.4 Å². The molecule has 1 aromatic heterocycles. The fourth-order valence-electron chi connectivity index (χ4n) is 1.69. The predicted octanol–water partition coefficient (Wildman–Crippen LogP) is 2.17. The lowest BCUT2D eigenvalue weighted by molar-refractivity contribution is 0.144. The van der Waals surface area contributed by atoms with Crippen molar-refractivity contribution < 1.29 is 5.11 Å². The van der Waals surface area contributed by atoms with Crippen LogP contribution in [0.25, 0.3) is 0 Å². The Labute approximate surface area is 91.7 Å². The molecule has 0 spiro atoms. The molecule has 1 heterocycles. The predicted molar refractivity (Wildman–Crippen MR) is 59.2 cm³/mol. The lowest BCUT2D eigenvalue weighted by atomic mass is 9.77. The molecule has 1 saturated carbocycles. The van der Waals surface area contributed by atoms with E-state index >= 15 is 0 Å². The van der Waals surface area contributed by atoms with Crippen molar-refractivity contribution in [2.24, 2.45) is 0 Å². The number of rotatable bonds is 3. The monoisotopic (exact) mass is 256 g/mol. The van der Waals surface area contributed by atoms with Crippen molar-refractivity contribution in [1.82, 2.24) is 4.98 Å². The molecule has 14 heavy (non-hydrogen) atoms. The fourth-order valence-corrected chi connectivity index (χ4v) is 2.04. The van der Waals surface area contributed by atoms with Gasteiger partial charge >= 0.3 is 0 Å². The molecular weight excluding hydrogens is 244 g/mol. The molecule has 0 aliphatic heterocycles. The van der Waals surface area contributed by atoms with Gasteiger partial charge in [0.25, 0.3) is 0 Å². The van der Waals surface area contributed by atoms with Crippen LogP contribution in [-0.2, 0) is 0 Å². The van der Waals surface area contributed by atoms with E-state index in [1.54, 1.807) is 12.4 Å². The molecule has 0 atom stereocenters. The summed E-state index contributed by atoms with van der Waals surface area (Å²) in [6.45, 7) is 0.196. The summed E-state index contributed by atoms with van der Waals surface area (Å²) in [5.74, 6) is 0. The highest BCUT2D eigenvalue weighted by Gasteiger charge is 2.36. The number of hydrogen-bond acceptors (Lipinski definition) is 3. The first-order valence-electron chi connectivity index (χ1n) is 4.74. The van der Waals surface area contributed by atoms with E-state index in [2.05, 4.69) is 26.2 Å². The van der Waals surface area contributed by atoms with Crippen molar-refractivity contribution in [2.45, 2.75) is 24.8 Å². The number of aliphatic hydroxyl groups is 1. The Kier molecular flexibility index (Phi) is 2.74. The average Bonchev–Trinajstić information content (AvgIpc) is 2.14. The van der Waals surface area contributed by atoms with Crippen LogP contribution in [0.1, 0.15) is 19.3 Å². The molecule has 0 radical (unpaired) electrons. The third-order valence-corrected chi connectivity index (χ3v) is 3.42. The van der Waals surface area contributed by atoms with Crippen LogP contribution in [0.15, 0.2) is 22.9 Å². The van der Waals surface area contributed by atoms with Crippen molar-refractivity contribution in [1.29, 1.82) is 0 Å². The van der Waals surface area contributed by atoms with Crippen LogP contribution in [0.2, 0.25) is 0 Å². The maximum atomic E-state index is 9.30. The molecule has 0 unspecified atom stereocenters. The van der Waals surface area contributed by atoms with E-state index in [0.29, 0.717) is 0 Å². The van der Waals surface area contributed by atoms with Crippen molar-refractivity contribution >= 4 is 21.6 Å². The van der Waals surface area contributed by atoms with Gasteiger partial charge < -0.3 is 10.4 Å². The van der Waals surface area contributed by atoms with E-state index in [9.17, 15) is 5.11 Å². The van der Waals surface area contributed by atoms with E-state index in [1.165, 1.54) is 6.42 Å². The van der Waals surface area contributed by atoms with Gasteiger partial charge in [0.1, 0.15) is 0 Å². The number of nitrogens with one attached hydrogen (secondary N) is 1. The summed E-state index contributed by atoms with van der Waals surface area (Å²) in [6.07, 6.45) is 6.77. The molecule has 1 aromatic rings. The molecule has 1 aliphatic carbocycles. The number of nitrogens with zero attached hydrogens (tertiary/aromatic N) is 1. The number of halogens is 1. The fraction of sp³-hybridized carbons (Fsp3) is 0.500. The first-order chi connectivity index (χ1) is 6.76. The van der Waals surface area contributed by atoms with Crippen LogP contribution in [0, 0.1) is 0 Å². The second kappa shape index (κ2) is 3.87. The van der Waals surface area contributed by atoms with Gasteiger partial charge in [-0.25, -0.2) is 0 Å². The number of pyridine rings is 1. The molecule has 2 N–H and O–H groups in total. The van der Waals surface area contributed by atoms with Gasteiger partial charge in [0.15, 0.2) is 0 Å². The van der Waals surface area contributed by atoms with Crippen molar-refractivity contribution in [2.75, 3.05) is 11.9 Å². The van der Waals surface area contributed by atoms with Crippen LogP contribution in [0.4, 0.5) is 5.69 Å². The molecule has 4 heteroatoms. The molecule has 76 valence electrons. The molecule has 3 nitrogen and oxygen atoms in total. The molecule has 1 fully saturated rings. The zero-order valence-corrected chi connectivity index (χ0v) is 9.42. The first kappa shape index (κ1) is 9.93. The van der Waals surface area contributed by atoms with Crippen LogP contribution >= 0.6 is 15.9 Å². The molecule has 0 saturated heterocycles. The van der Waals surface area contributed by atoms with Crippen molar-refractivity contribution in [3.05, 3.63) is 22.9 Å². The normalized spacial score (nSPS) is 18.7. The lowest BCUT2D eigenvalue weighted by Gasteiger charge is -2.42. The first-order valence-corrected chi connectivity index (χ1v) is 5.54. The van der Waals surface area contributed by atoms with E-state index in [1.807, 2.05) is 6.07 Å². The highest BCUT2D eigenvalue weighted by molar-refractivity contribution is 9.10.